The van der Waals surface area contributed by atoms with Crippen molar-refractivity contribution in [3.63, 3.8) is 0 Å². The second-order valence-corrected chi connectivity index (χ2v) is 7.91. The van der Waals surface area contributed by atoms with Crippen molar-refractivity contribution >= 4 is 18.0 Å². The summed E-state index contributed by atoms with van der Waals surface area (Å²) in [4.78, 5) is 24.4. The van der Waals surface area contributed by atoms with E-state index in [1.807, 2.05) is 24.3 Å². The SMILES string of the molecule is CC(CC1CCCCC1)Nc1nc(-c2ccc(-c3ncn[nH]3)cc2)cnc1NC=O. The predicted molar refractivity (Wildman–Crippen MR) is 117 cm³/mol. The minimum atomic E-state index is 0.249. The van der Waals surface area contributed by atoms with Crippen LogP contribution in [0.5, 0.6) is 0 Å². The van der Waals surface area contributed by atoms with Gasteiger partial charge in [0.1, 0.15) is 6.33 Å². The molecule has 8 nitrogen and oxygen atoms in total. The molecule has 2 aromatic heterocycles. The summed E-state index contributed by atoms with van der Waals surface area (Å²) in [5, 5.41) is 12.9. The molecule has 8 heteroatoms. The van der Waals surface area contributed by atoms with Crippen LogP contribution in [0.2, 0.25) is 0 Å². The molecule has 3 N–H and O–H groups in total. The van der Waals surface area contributed by atoms with E-state index in [9.17, 15) is 4.79 Å². The van der Waals surface area contributed by atoms with Gasteiger partial charge in [-0.15, -0.1) is 0 Å². The number of anilines is 2. The first-order chi connectivity index (χ1) is 14.7. The summed E-state index contributed by atoms with van der Waals surface area (Å²) in [6, 6.07) is 8.13. The van der Waals surface area contributed by atoms with E-state index in [0.29, 0.717) is 18.0 Å². The van der Waals surface area contributed by atoms with E-state index in [2.05, 4.69) is 37.7 Å². The van der Waals surface area contributed by atoms with Crippen LogP contribution in [-0.2, 0) is 4.79 Å². The van der Waals surface area contributed by atoms with Crippen molar-refractivity contribution < 1.29 is 4.79 Å². The summed E-state index contributed by atoms with van der Waals surface area (Å²) in [5.74, 6) is 2.52. The summed E-state index contributed by atoms with van der Waals surface area (Å²) >= 11 is 0. The van der Waals surface area contributed by atoms with Gasteiger partial charge in [0.2, 0.25) is 6.41 Å². The summed E-state index contributed by atoms with van der Waals surface area (Å²) < 4.78 is 0. The van der Waals surface area contributed by atoms with Crippen molar-refractivity contribution in [2.24, 2.45) is 5.92 Å². The van der Waals surface area contributed by atoms with Gasteiger partial charge in [-0.05, 0) is 19.3 Å². The Morgan fingerprint density at radius 2 is 1.87 bits per heavy atom. The van der Waals surface area contributed by atoms with Gasteiger partial charge in [-0.1, -0.05) is 56.4 Å². The van der Waals surface area contributed by atoms with Crippen LogP contribution in [0, 0.1) is 5.92 Å². The normalized spacial score (nSPS) is 15.5. The lowest BCUT2D eigenvalue weighted by Gasteiger charge is -2.25. The van der Waals surface area contributed by atoms with Crippen molar-refractivity contribution in [1.29, 1.82) is 0 Å². The molecule has 1 atom stereocenters. The summed E-state index contributed by atoms with van der Waals surface area (Å²) in [7, 11) is 0. The molecule has 2 heterocycles. The predicted octanol–water partition coefficient (Wildman–Crippen LogP) is 4.27. The molecular weight excluding hydrogens is 378 g/mol. The number of nitrogens with one attached hydrogen (secondary N) is 3. The molecule has 1 aliphatic carbocycles. The lowest BCUT2D eigenvalue weighted by atomic mass is 9.85. The molecule has 1 amide bonds. The van der Waals surface area contributed by atoms with Crippen molar-refractivity contribution in [2.75, 3.05) is 10.6 Å². The highest BCUT2D eigenvalue weighted by molar-refractivity contribution is 5.77. The summed E-state index contributed by atoms with van der Waals surface area (Å²) in [5.41, 5.74) is 2.62. The van der Waals surface area contributed by atoms with Gasteiger partial charge in [0.05, 0.1) is 11.9 Å². The fourth-order valence-electron chi connectivity index (χ4n) is 4.15. The third kappa shape index (κ3) is 4.82. The third-order valence-corrected chi connectivity index (χ3v) is 5.63. The third-order valence-electron chi connectivity index (χ3n) is 5.63. The van der Waals surface area contributed by atoms with Crippen LogP contribution in [0.1, 0.15) is 45.4 Å². The molecule has 4 rings (SSSR count). The standard InChI is InChI=1S/C22H27N7O/c1-15(11-16-5-3-2-4-6-16)27-22-21(25-14-30)23-12-19(28-22)17-7-9-18(10-8-17)20-24-13-26-29-20/h7-10,12-16H,2-6,11H2,1H3,(H,27,28)(H,23,25,30)(H,24,26,29). The van der Waals surface area contributed by atoms with Gasteiger partial charge >= 0.3 is 0 Å². The van der Waals surface area contributed by atoms with Crippen LogP contribution in [0.15, 0.2) is 36.8 Å². The number of rotatable bonds is 8. The molecular formula is C22H27N7O. The summed E-state index contributed by atoms with van der Waals surface area (Å²) in [6.45, 7) is 2.17. The molecule has 0 radical (unpaired) electrons. The van der Waals surface area contributed by atoms with E-state index in [1.54, 1.807) is 6.20 Å². The number of hydrogen-bond donors (Lipinski definition) is 3. The highest BCUT2D eigenvalue weighted by atomic mass is 16.1. The average molecular weight is 406 g/mol. The van der Waals surface area contributed by atoms with Crippen LogP contribution in [0.4, 0.5) is 11.6 Å². The molecule has 1 aromatic carbocycles. The number of aromatic nitrogens is 5. The molecule has 0 aliphatic heterocycles. The average Bonchev–Trinajstić information content (AvgIpc) is 3.31. The fraction of sp³-hybridized carbons (Fsp3) is 0.409. The summed E-state index contributed by atoms with van der Waals surface area (Å²) in [6.07, 6.45) is 11.5. The Morgan fingerprint density at radius 3 is 2.57 bits per heavy atom. The van der Waals surface area contributed by atoms with Crippen molar-refractivity contribution in [2.45, 2.75) is 51.5 Å². The van der Waals surface area contributed by atoms with Crippen LogP contribution in [0.25, 0.3) is 22.6 Å². The van der Waals surface area contributed by atoms with E-state index >= 15 is 0 Å². The molecule has 0 bridgehead atoms. The molecule has 3 aromatic rings. The Hall–Kier alpha value is -3.29. The maximum absolute atomic E-state index is 11.0. The van der Waals surface area contributed by atoms with E-state index in [1.165, 1.54) is 38.4 Å². The monoisotopic (exact) mass is 405 g/mol. The lowest BCUT2D eigenvalue weighted by molar-refractivity contribution is -0.105. The number of hydrogen-bond acceptors (Lipinski definition) is 6. The van der Waals surface area contributed by atoms with E-state index < -0.39 is 0 Å². The van der Waals surface area contributed by atoms with Crippen LogP contribution in [0.3, 0.4) is 0 Å². The number of nitrogens with zero attached hydrogens (tertiary/aromatic N) is 4. The van der Waals surface area contributed by atoms with Gasteiger partial charge in [-0.2, -0.15) is 5.10 Å². The maximum Gasteiger partial charge on any atom is 0.212 e. The molecule has 0 spiro atoms. The number of benzene rings is 1. The largest absolute Gasteiger partial charge is 0.365 e. The van der Waals surface area contributed by atoms with E-state index in [-0.39, 0.29) is 6.04 Å². The minimum absolute atomic E-state index is 0.249. The Balaban J connectivity index is 1.52. The number of carbonyl (C=O) groups excluding carboxylic acids is 1. The Kier molecular flexibility index (Phi) is 6.32. The van der Waals surface area contributed by atoms with Crippen molar-refractivity contribution in [3.05, 3.63) is 36.8 Å². The van der Waals surface area contributed by atoms with Crippen molar-refractivity contribution in [1.82, 2.24) is 25.1 Å². The molecule has 1 unspecified atom stereocenters. The highest BCUT2D eigenvalue weighted by Gasteiger charge is 2.18. The topological polar surface area (TPSA) is 108 Å². The van der Waals surface area contributed by atoms with Gasteiger partial charge in [0.15, 0.2) is 17.5 Å². The first-order valence-corrected chi connectivity index (χ1v) is 10.5. The van der Waals surface area contributed by atoms with E-state index in [4.69, 9.17) is 4.98 Å². The number of carbonyl (C=O) groups is 1. The lowest BCUT2D eigenvalue weighted by Crippen LogP contribution is -2.22. The molecule has 1 fully saturated rings. The van der Waals surface area contributed by atoms with Crippen LogP contribution >= 0.6 is 0 Å². The minimum Gasteiger partial charge on any atom is -0.365 e. The second-order valence-electron chi connectivity index (χ2n) is 7.91. The Morgan fingerprint density at radius 1 is 1.10 bits per heavy atom. The first-order valence-electron chi connectivity index (χ1n) is 10.5. The van der Waals surface area contributed by atoms with E-state index in [0.717, 1.165) is 35.0 Å². The highest BCUT2D eigenvalue weighted by Crippen LogP contribution is 2.29. The van der Waals surface area contributed by atoms with Crippen LogP contribution < -0.4 is 10.6 Å². The quantitative estimate of drug-likeness (QED) is 0.483. The smallest absolute Gasteiger partial charge is 0.212 e. The van der Waals surface area contributed by atoms with Gasteiger partial charge in [0.25, 0.3) is 0 Å². The zero-order valence-electron chi connectivity index (χ0n) is 17.1. The molecule has 156 valence electrons. The molecule has 0 saturated heterocycles. The number of H-pyrrole nitrogens is 1. The Bertz CT molecular complexity index is 950. The maximum atomic E-state index is 11.0. The molecule has 1 aliphatic rings. The second kappa shape index (κ2) is 9.47. The van der Waals surface area contributed by atoms with Gasteiger partial charge in [0, 0.05) is 17.2 Å². The van der Waals surface area contributed by atoms with Gasteiger partial charge in [-0.3, -0.25) is 9.89 Å². The fourth-order valence-corrected chi connectivity index (χ4v) is 4.15. The molecule has 1 saturated carbocycles. The number of aromatic amines is 1. The Labute approximate surface area is 176 Å². The first kappa shape index (κ1) is 20.0. The van der Waals surface area contributed by atoms with Crippen LogP contribution in [-0.4, -0.2) is 37.6 Å². The molecule has 30 heavy (non-hydrogen) atoms. The zero-order valence-corrected chi connectivity index (χ0v) is 17.1. The number of amides is 1. The van der Waals surface area contributed by atoms with Gasteiger partial charge < -0.3 is 10.6 Å². The van der Waals surface area contributed by atoms with Gasteiger partial charge in [-0.25, -0.2) is 15.0 Å². The van der Waals surface area contributed by atoms with Crippen molar-refractivity contribution in [3.8, 4) is 22.6 Å². The zero-order chi connectivity index (χ0) is 20.8.